The van der Waals surface area contributed by atoms with Crippen molar-refractivity contribution >= 4 is 47.2 Å². The second-order valence-electron chi connectivity index (χ2n) is 10.4. The third-order valence-corrected chi connectivity index (χ3v) is 7.94. The minimum Gasteiger partial charge on any atom is -0.496 e. The SMILES string of the molecule is COc1cc(NC(=O)c2ccccc2C)ccc1C(=O)N1c2ccc(Cl)cc2CCCC1OCCN1CCCC1.Cl. The maximum Gasteiger partial charge on any atom is 0.264 e. The second kappa shape index (κ2) is 14.2. The molecule has 0 saturated carbocycles. The molecule has 1 unspecified atom stereocenters. The van der Waals surface area contributed by atoms with Gasteiger partial charge in [0.1, 0.15) is 12.0 Å². The number of rotatable bonds is 8. The number of fused-ring (bicyclic) bond motifs is 1. The second-order valence-corrected chi connectivity index (χ2v) is 10.8. The molecule has 0 radical (unpaired) electrons. The van der Waals surface area contributed by atoms with E-state index in [1.807, 2.05) is 43.3 Å². The van der Waals surface area contributed by atoms with Crippen LogP contribution in [-0.4, -0.2) is 56.3 Å². The molecule has 0 spiro atoms. The maximum absolute atomic E-state index is 14.2. The van der Waals surface area contributed by atoms with Crippen LogP contribution in [-0.2, 0) is 11.2 Å². The predicted octanol–water partition coefficient (Wildman–Crippen LogP) is 6.75. The Kier molecular flexibility index (Phi) is 10.7. The van der Waals surface area contributed by atoms with E-state index in [-0.39, 0.29) is 24.2 Å². The lowest BCUT2D eigenvalue weighted by atomic mass is 10.1. The number of anilines is 2. The van der Waals surface area contributed by atoms with Gasteiger partial charge in [-0.1, -0.05) is 29.8 Å². The molecule has 0 aromatic heterocycles. The zero-order valence-electron chi connectivity index (χ0n) is 23.5. The fourth-order valence-corrected chi connectivity index (χ4v) is 5.76. The number of nitrogens with zero attached hydrogens (tertiary/aromatic N) is 2. The Labute approximate surface area is 253 Å². The molecular formula is C32H37Cl2N3O4. The average molecular weight is 599 g/mol. The molecule has 7 nitrogen and oxygen atoms in total. The number of amides is 2. The minimum absolute atomic E-state index is 0. The molecule has 2 amide bonds. The molecule has 2 aliphatic heterocycles. The number of aryl methyl sites for hydroxylation is 2. The van der Waals surface area contributed by atoms with Gasteiger partial charge in [-0.05, 0) is 99.6 Å². The fraction of sp³-hybridized carbons (Fsp3) is 0.375. The number of methoxy groups -OCH3 is 1. The largest absolute Gasteiger partial charge is 0.496 e. The number of hydrogen-bond donors (Lipinski definition) is 1. The third-order valence-electron chi connectivity index (χ3n) is 7.70. The van der Waals surface area contributed by atoms with Crippen molar-refractivity contribution in [1.82, 2.24) is 4.90 Å². The number of nitrogens with one attached hydrogen (secondary N) is 1. The predicted molar refractivity (Wildman–Crippen MR) is 166 cm³/mol. The van der Waals surface area contributed by atoms with Gasteiger partial charge in [0.15, 0.2) is 0 Å². The lowest BCUT2D eigenvalue weighted by molar-refractivity contribution is 0.0317. The lowest BCUT2D eigenvalue weighted by Gasteiger charge is -2.32. The van der Waals surface area contributed by atoms with E-state index in [1.54, 1.807) is 29.2 Å². The molecule has 1 N–H and O–H groups in total. The van der Waals surface area contributed by atoms with Gasteiger partial charge < -0.3 is 19.7 Å². The molecule has 5 rings (SSSR count). The van der Waals surface area contributed by atoms with Crippen molar-refractivity contribution < 1.29 is 19.1 Å². The van der Waals surface area contributed by atoms with Gasteiger partial charge in [0.2, 0.25) is 0 Å². The first kappa shape index (κ1) is 30.8. The number of benzene rings is 3. The molecule has 1 saturated heterocycles. The van der Waals surface area contributed by atoms with Gasteiger partial charge in [-0.3, -0.25) is 14.5 Å². The summed E-state index contributed by atoms with van der Waals surface area (Å²) in [6.07, 6.45) is 4.44. The molecule has 2 heterocycles. The topological polar surface area (TPSA) is 71.1 Å². The smallest absolute Gasteiger partial charge is 0.264 e. The molecule has 218 valence electrons. The highest BCUT2D eigenvalue weighted by Gasteiger charge is 2.33. The first-order chi connectivity index (χ1) is 19.4. The van der Waals surface area contributed by atoms with Crippen LogP contribution in [0.3, 0.4) is 0 Å². The Hall–Kier alpha value is -3.10. The molecule has 3 aromatic carbocycles. The van der Waals surface area contributed by atoms with Crippen molar-refractivity contribution in [2.45, 2.75) is 45.3 Å². The van der Waals surface area contributed by atoms with Crippen LogP contribution in [0.25, 0.3) is 0 Å². The van der Waals surface area contributed by atoms with Crippen LogP contribution in [0.4, 0.5) is 11.4 Å². The van der Waals surface area contributed by atoms with Gasteiger partial charge in [0, 0.05) is 34.6 Å². The van der Waals surface area contributed by atoms with E-state index >= 15 is 0 Å². The Bertz CT molecular complexity index is 1380. The third kappa shape index (κ3) is 7.22. The van der Waals surface area contributed by atoms with Crippen LogP contribution in [0.2, 0.25) is 5.02 Å². The summed E-state index contributed by atoms with van der Waals surface area (Å²) < 4.78 is 12.1. The van der Waals surface area contributed by atoms with Crippen LogP contribution in [0.5, 0.6) is 5.75 Å². The summed E-state index contributed by atoms with van der Waals surface area (Å²) in [7, 11) is 1.53. The van der Waals surface area contributed by atoms with E-state index in [0.29, 0.717) is 40.6 Å². The Morgan fingerprint density at radius 2 is 1.78 bits per heavy atom. The lowest BCUT2D eigenvalue weighted by Crippen LogP contribution is -2.43. The van der Waals surface area contributed by atoms with Crippen molar-refractivity contribution in [2.24, 2.45) is 0 Å². The van der Waals surface area contributed by atoms with E-state index in [9.17, 15) is 9.59 Å². The summed E-state index contributed by atoms with van der Waals surface area (Å²) in [6, 6.07) is 18.2. The van der Waals surface area contributed by atoms with Crippen molar-refractivity contribution in [2.75, 3.05) is 43.6 Å². The monoisotopic (exact) mass is 597 g/mol. The van der Waals surface area contributed by atoms with Crippen LogP contribution in [0, 0.1) is 6.92 Å². The Morgan fingerprint density at radius 1 is 1.00 bits per heavy atom. The van der Waals surface area contributed by atoms with Crippen LogP contribution in [0.15, 0.2) is 60.7 Å². The number of ether oxygens (including phenoxy) is 2. The number of halogens is 2. The van der Waals surface area contributed by atoms with E-state index < -0.39 is 6.23 Å². The zero-order chi connectivity index (χ0) is 28.1. The van der Waals surface area contributed by atoms with E-state index in [1.165, 1.54) is 20.0 Å². The summed E-state index contributed by atoms with van der Waals surface area (Å²) in [6.45, 7) is 5.50. The highest BCUT2D eigenvalue weighted by molar-refractivity contribution is 6.30. The van der Waals surface area contributed by atoms with Crippen molar-refractivity contribution in [3.8, 4) is 5.75 Å². The minimum atomic E-state index is -0.414. The normalized spacial score (nSPS) is 16.9. The van der Waals surface area contributed by atoms with Gasteiger partial charge in [-0.2, -0.15) is 0 Å². The number of likely N-dealkylation sites (tertiary alicyclic amines) is 1. The number of hydrogen-bond acceptors (Lipinski definition) is 5. The highest BCUT2D eigenvalue weighted by Crippen LogP contribution is 2.35. The van der Waals surface area contributed by atoms with Crippen molar-refractivity contribution in [3.63, 3.8) is 0 Å². The van der Waals surface area contributed by atoms with Crippen LogP contribution < -0.4 is 15.0 Å². The van der Waals surface area contributed by atoms with Gasteiger partial charge in [-0.25, -0.2) is 0 Å². The van der Waals surface area contributed by atoms with E-state index in [2.05, 4.69) is 10.2 Å². The first-order valence-corrected chi connectivity index (χ1v) is 14.3. The van der Waals surface area contributed by atoms with Gasteiger partial charge in [0.25, 0.3) is 11.8 Å². The molecule has 9 heteroatoms. The van der Waals surface area contributed by atoms with Gasteiger partial charge >= 0.3 is 0 Å². The van der Waals surface area contributed by atoms with Gasteiger partial charge in [0.05, 0.1) is 19.3 Å². The Morgan fingerprint density at radius 3 is 2.54 bits per heavy atom. The first-order valence-electron chi connectivity index (χ1n) is 14.0. The summed E-state index contributed by atoms with van der Waals surface area (Å²) in [5, 5.41) is 3.57. The maximum atomic E-state index is 14.2. The summed E-state index contributed by atoms with van der Waals surface area (Å²) in [5.74, 6) is -0.0579. The molecule has 41 heavy (non-hydrogen) atoms. The summed E-state index contributed by atoms with van der Waals surface area (Å²) >= 11 is 6.33. The highest BCUT2D eigenvalue weighted by atomic mass is 35.5. The average Bonchev–Trinajstić information content (AvgIpc) is 3.41. The fourth-order valence-electron chi connectivity index (χ4n) is 5.56. The number of carbonyl (C=O) groups is 2. The molecule has 1 atom stereocenters. The molecule has 0 bridgehead atoms. The molecule has 1 fully saturated rings. The summed E-state index contributed by atoms with van der Waals surface area (Å²) in [4.78, 5) is 31.3. The quantitative estimate of drug-likeness (QED) is 0.311. The zero-order valence-corrected chi connectivity index (χ0v) is 25.1. The Balaban J connectivity index is 0.00000387. The molecule has 0 aliphatic carbocycles. The summed E-state index contributed by atoms with van der Waals surface area (Å²) in [5.41, 5.74) is 4.24. The van der Waals surface area contributed by atoms with Crippen LogP contribution in [0.1, 0.15) is 57.5 Å². The van der Waals surface area contributed by atoms with Crippen molar-refractivity contribution in [3.05, 3.63) is 87.9 Å². The molecule has 3 aromatic rings. The van der Waals surface area contributed by atoms with Crippen LogP contribution >= 0.6 is 24.0 Å². The van der Waals surface area contributed by atoms with Gasteiger partial charge in [-0.15, -0.1) is 12.4 Å². The van der Waals surface area contributed by atoms with Crippen molar-refractivity contribution in [1.29, 1.82) is 0 Å². The number of carbonyl (C=O) groups excluding carboxylic acids is 2. The molecular weight excluding hydrogens is 561 g/mol. The van der Waals surface area contributed by atoms with E-state index in [0.717, 1.165) is 49.3 Å². The standard InChI is InChI=1S/C32H36ClN3O4.ClH/c1-22-8-3-4-10-26(22)31(37)34-25-13-14-27(29(21-25)39-2)32(38)36-28-15-12-24(33)20-23(28)9-7-11-30(36)40-19-18-35-16-5-6-17-35;/h3-4,8,10,12-15,20-21,30H,5-7,9,11,16-19H2,1-2H3,(H,34,37);1H. The van der Waals surface area contributed by atoms with E-state index in [4.69, 9.17) is 21.1 Å². The molecule has 2 aliphatic rings.